The number of carbonyl (C=O) groups excluding carboxylic acids is 1. The van der Waals surface area contributed by atoms with Crippen molar-refractivity contribution in [2.75, 3.05) is 5.73 Å². The Hall–Kier alpha value is -1.52. The second kappa shape index (κ2) is 6.08. The molecule has 2 rings (SSSR count). The second-order valence-corrected chi connectivity index (χ2v) is 5.26. The number of hydrogen-bond donors (Lipinski definition) is 1. The van der Waals surface area contributed by atoms with Gasteiger partial charge < -0.3 is 10.5 Å². The third-order valence-electron chi connectivity index (χ3n) is 2.50. The number of nitrogens with two attached hydrogens (primary N) is 1. The highest BCUT2D eigenvalue weighted by molar-refractivity contribution is 9.10. The summed E-state index contributed by atoms with van der Waals surface area (Å²) in [5, 5.41) is 0.292. The second-order valence-electron chi connectivity index (χ2n) is 3.94. The maximum Gasteiger partial charge on any atom is 0.339 e. The highest BCUT2D eigenvalue weighted by atomic mass is 79.9. The van der Waals surface area contributed by atoms with Crippen LogP contribution in [0.5, 0.6) is 0 Å². The molecule has 2 N–H and O–H groups in total. The summed E-state index contributed by atoms with van der Waals surface area (Å²) in [5.74, 6) is -0.465. The molecule has 0 aromatic heterocycles. The Morgan fingerprint density at radius 1 is 1.21 bits per heavy atom. The zero-order valence-electron chi connectivity index (χ0n) is 9.90. The Kier molecular flexibility index (Phi) is 4.45. The standard InChI is InChI=1S/C14H11BrClNO2/c15-10-3-1-9(2-4-10)8-19-14(18)12-6-5-11(17)7-13(12)16/h1-7H,8,17H2. The minimum atomic E-state index is -0.465. The molecule has 3 nitrogen and oxygen atoms in total. The van der Waals surface area contributed by atoms with Crippen molar-refractivity contribution in [2.24, 2.45) is 0 Å². The van der Waals surface area contributed by atoms with Gasteiger partial charge in [-0.25, -0.2) is 4.79 Å². The molecule has 0 spiro atoms. The zero-order chi connectivity index (χ0) is 13.8. The van der Waals surface area contributed by atoms with Crippen LogP contribution in [-0.2, 0) is 11.3 Å². The molecule has 0 aliphatic rings. The minimum Gasteiger partial charge on any atom is -0.457 e. The van der Waals surface area contributed by atoms with Crippen LogP contribution in [-0.4, -0.2) is 5.97 Å². The van der Waals surface area contributed by atoms with Gasteiger partial charge in [0.05, 0.1) is 10.6 Å². The molecule has 19 heavy (non-hydrogen) atoms. The molecular weight excluding hydrogens is 330 g/mol. The molecule has 2 aromatic rings. The number of hydrogen-bond acceptors (Lipinski definition) is 3. The fourth-order valence-corrected chi connectivity index (χ4v) is 2.03. The molecule has 0 bridgehead atoms. The van der Waals surface area contributed by atoms with Crippen molar-refractivity contribution in [3.63, 3.8) is 0 Å². The summed E-state index contributed by atoms with van der Waals surface area (Å²) >= 11 is 9.28. The van der Waals surface area contributed by atoms with Gasteiger partial charge in [-0.3, -0.25) is 0 Å². The van der Waals surface area contributed by atoms with Crippen molar-refractivity contribution in [2.45, 2.75) is 6.61 Å². The molecule has 0 saturated carbocycles. The van der Waals surface area contributed by atoms with Crippen LogP contribution in [0, 0.1) is 0 Å². The van der Waals surface area contributed by atoms with Gasteiger partial charge in [-0.05, 0) is 35.9 Å². The van der Waals surface area contributed by atoms with Crippen molar-refractivity contribution in [3.05, 3.63) is 63.1 Å². The molecule has 5 heteroatoms. The molecule has 0 fully saturated rings. The number of esters is 1. The molecule has 0 saturated heterocycles. The van der Waals surface area contributed by atoms with Gasteiger partial charge >= 0.3 is 5.97 Å². The molecule has 0 aliphatic heterocycles. The number of rotatable bonds is 3. The van der Waals surface area contributed by atoms with E-state index in [1.165, 1.54) is 6.07 Å². The normalized spacial score (nSPS) is 10.2. The van der Waals surface area contributed by atoms with E-state index < -0.39 is 5.97 Å². The molecule has 0 heterocycles. The van der Waals surface area contributed by atoms with E-state index in [1.807, 2.05) is 24.3 Å². The van der Waals surface area contributed by atoms with Gasteiger partial charge in [0.2, 0.25) is 0 Å². The molecule has 0 aliphatic carbocycles. The van der Waals surface area contributed by atoms with E-state index in [0.717, 1.165) is 10.0 Å². The Morgan fingerprint density at radius 3 is 2.53 bits per heavy atom. The Morgan fingerprint density at radius 2 is 1.89 bits per heavy atom. The lowest BCUT2D eigenvalue weighted by Crippen LogP contribution is -2.06. The summed E-state index contributed by atoms with van der Waals surface area (Å²) in [6.45, 7) is 0.201. The Bertz CT molecular complexity index is 599. The van der Waals surface area contributed by atoms with Gasteiger partial charge in [-0.15, -0.1) is 0 Å². The SMILES string of the molecule is Nc1ccc(C(=O)OCc2ccc(Br)cc2)c(Cl)c1. The highest BCUT2D eigenvalue weighted by Gasteiger charge is 2.12. The van der Waals surface area contributed by atoms with Crippen molar-refractivity contribution >= 4 is 39.2 Å². The average molecular weight is 341 g/mol. The minimum absolute atomic E-state index is 0.201. The van der Waals surface area contributed by atoms with E-state index in [-0.39, 0.29) is 6.61 Å². The number of halogens is 2. The van der Waals surface area contributed by atoms with Crippen molar-refractivity contribution in [3.8, 4) is 0 Å². The van der Waals surface area contributed by atoms with Gasteiger partial charge in [-0.1, -0.05) is 39.7 Å². The summed E-state index contributed by atoms with van der Waals surface area (Å²) < 4.78 is 6.17. The van der Waals surface area contributed by atoms with E-state index in [0.29, 0.717) is 16.3 Å². The smallest absolute Gasteiger partial charge is 0.339 e. The molecule has 0 atom stereocenters. The van der Waals surface area contributed by atoms with Crippen LogP contribution in [0.25, 0.3) is 0 Å². The van der Waals surface area contributed by atoms with E-state index >= 15 is 0 Å². The number of anilines is 1. The highest BCUT2D eigenvalue weighted by Crippen LogP contribution is 2.20. The number of ether oxygens (including phenoxy) is 1. The molecule has 0 radical (unpaired) electrons. The van der Waals surface area contributed by atoms with E-state index in [9.17, 15) is 4.79 Å². The van der Waals surface area contributed by atoms with Gasteiger partial charge in [0.15, 0.2) is 0 Å². The molecule has 2 aromatic carbocycles. The van der Waals surface area contributed by atoms with Gasteiger partial charge in [0.1, 0.15) is 6.61 Å². The lowest BCUT2D eigenvalue weighted by Gasteiger charge is -2.07. The monoisotopic (exact) mass is 339 g/mol. The Labute approximate surface area is 124 Å². The van der Waals surface area contributed by atoms with Crippen LogP contribution in [0.1, 0.15) is 15.9 Å². The van der Waals surface area contributed by atoms with Crippen LogP contribution in [0.4, 0.5) is 5.69 Å². The molecule has 0 unspecified atom stereocenters. The topological polar surface area (TPSA) is 52.3 Å². The number of nitrogen functional groups attached to an aromatic ring is 1. The fraction of sp³-hybridized carbons (Fsp3) is 0.0714. The summed E-state index contributed by atoms with van der Waals surface area (Å²) in [6.07, 6.45) is 0. The summed E-state index contributed by atoms with van der Waals surface area (Å²) in [6, 6.07) is 12.2. The predicted molar refractivity (Wildman–Crippen MR) is 79.1 cm³/mol. The Balaban J connectivity index is 2.03. The summed E-state index contributed by atoms with van der Waals surface area (Å²) in [7, 11) is 0. The van der Waals surface area contributed by atoms with Crippen molar-refractivity contribution in [1.82, 2.24) is 0 Å². The first-order valence-corrected chi connectivity index (χ1v) is 6.70. The van der Waals surface area contributed by atoms with E-state index in [1.54, 1.807) is 12.1 Å². The van der Waals surface area contributed by atoms with Crippen molar-refractivity contribution < 1.29 is 9.53 Å². The lowest BCUT2D eigenvalue weighted by atomic mass is 10.2. The maximum absolute atomic E-state index is 11.9. The number of benzene rings is 2. The first-order valence-electron chi connectivity index (χ1n) is 5.53. The van der Waals surface area contributed by atoms with Gasteiger partial charge in [0, 0.05) is 10.2 Å². The quantitative estimate of drug-likeness (QED) is 0.677. The van der Waals surface area contributed by atoms with E-state index in [4.69, 9.17) is 22.1 Å². The molecule has 98 valence electrons. The van der Waals surface area contributed by atoms with Crippen LogP contribution < -0.4 is 5.73 Å². The third kappa shape index (κ3) is 3.72. The first kappa shape index (κ1) is 13.9. The first-order chi connectivity index (χ1) is 9.06. The van der Waals surface area contributed by atoms with Crippen LogP contribution in [0.2, 0.25) is 5.02 Å². The van der Waals surface area contributed by atoms with Crippen LogP contribution in [0.3, 0.4) is 0 Å². The fourth-order valence-electron chi connectivity index (χ4n) is 1.50. The molecule has 0 amide bonds. The van der Waals surface area contributed by atoms with Gasteiger partial charge in [0.25, 0.3) is 0 Å². The predicted octanol–water partition coefficient (Wildman–Crippen LogP) is 4.04. The van der Waals surface area contributed by atoms with Crippen LogP contribution >= 0.6 is 27.5 Å². The van der Waals surface area contributed by atoms with Crippen molar-refractivity contribution in [1.29, 1.82) is 0 Å². The average Bonchev–Trinajstić information content (AvgIpc) is 2.37. The maximum atomic E-state index is 11.9. The lowest BCUT2D eigenvalue weighted by molar-refractivity contribution is 0.0473. The van der Waals surface area contributed by atoms with E-state index in [2.05, 4.69) is 15.9 Å². The zero-order valence-corrected chi connectivity index (χ0v) is 12.2. The number of carbonyl (C=O) groups is 1. The van der Waals surface area contributed by atoms with Crippen LogP contribution in [0.15, 0.2) is 46.9 Å². The largest absolute Gasteiger partial charge is 0.457 e. The van der Waals surface area contributed by atoms with Gasteiger partial charge in [-0.2, -0.15) is 0 Å². The molecular formula is C14H11BrClNO2. The summed E-state index contributed by atoms with van der Waals surface area (Å²) in [5.41, 5.74) is 7.29. The summed E-state index contributed by atoms with van der Waals surface area (Å²) in [4.78, 5) is 11.9. The third-order valence-corrected chi connectivity index (χ3v) is 3.34.